The van der Waals surface area contributed by atoms with E-state index in [1.807, 2.05) is 18.4 Å². The Morgan fingerprint density at radius 3 is 2.50 bits per heavy atom. The zero-order valence-electron chi connectivity index (χ0n) is 13.6. The number of aliphatic carboxylic acids is 1. The van der Waals surface area contributed by atoms with E-state index in [-0.39, 0.29) is 11.7 Å². The highest BCUT2D eigenvalue weighted by molar-refractivity contribution is 5.98. The molecule has 1 aromatic heterocycles. The lowest BCUT2D eigenvalue weighted by Crippen LogP contribution is -2.40. The van der Waals surface area contributed by atoms with Crippen molar-refractivity contribution in [1.82, 2.24) is 9.47 Å². The van der Waals surface area contributed by atoms with E-state index in [0.29, 0.717) is 24.9 Å². The van der Waals surface area contributed by atoms with Crippen molar-refractivity contribution >= 4 is 11.9 Å². The van der Waals surface area contributed by atoms with Gasteiger partial charge >= 0.3 is 5.97 Å². The van der Waals surface area contributed by atoms with Gasteiger partial charge in [-0.3, -0.25) is 4.79 Å². The molecule has 0 saturated carbocycles. The summed E-state index contributed by atoms with van der Waals surface area (Å²) in [6.07, 6.45) is 1.18. The largest absolute Gasteiger partial charge is 0.480 e. The molecular formula is C18H19FN2O3. The van der Waals surface area contributed by atoms with Crippen molar-refractivity contribution in [1.29, 1.82) is 0 Å². The topological polar surface area (TPSA) is 62.5 Å². The highest BCUT2D eigenvalue weighted by Crippen LogP contribution is 2.26. The van der Waals surface area contributed by atoms with Crippen LogP contribution in [0.3, 0.4) is 0 Å². The fourth-order valence-corrected chi connectivity index (χ4v) is 3.39. The predicted octanol–water partition coefficient (Wildman–Crippen LogP) is 2.92. The third-order valence-electron chi connectivity index (χ3n) is 4.55. The first-order chi connectivity index (χ1) is 11.4. The van der Waals surface area contributed by atoms with Crippen LogP contribution in [0.25, 0.3) is 5.69 Å². The van der Waals surface area contributed by atoms with Gasteiger partial charge in [0.15, 0.2) is 0 Å². The SMILES string of the molecule is Cc1cc(C(=O)N2CCC[C@@H]2C(=O)O)c(C)n1-c1ccc(F)cc1. The van der Waals surface area contributed by atoms with Crippen LogP contribution in [0, 0.1) is 19.7 Å². The predicted molar refractivity (Wildman–Crippen MR) is 86.9 cm³/mol. The molecule has 5 nitrogen and oxygen atoms in total. The van der Waals surface area contributed by atoms with Gasteiger partial charge in [-0.05, 0) is 57.0 Å². The summed E-state index contributed by atoms with van der Waals surface area (Å²) in [4.78, 5) is 25.6. The second-order valence-electron chi connectivity index (χ2n) is 6.09. The number of halogens is 1. The number of carboxylic acids is 1. The van der Waals surface area contributed by atoms with Gasteiger partial charge in [0, 0.05) is 23.6 Å². The van der Waals surface area contributed by atoms with Gasteiger partial charge in [0.2, 0.25) is 0 Å². The Hall–Kier alpha value is -2.63. The van der Waals surface area contributed by atoms with Gasteiger partial charge in [0.1, 0.15) is 11.9 Å². The molecule has 0 unspecified atom stereocenters. The van der Waals surface area contributed by atoms with Gasteiger partial charge < -0.3 is 14.6 Å². The lowest BCUT2D eigenvalue weighted by molar-refractivity contribution is -0.141. The smallest absolute Gasteiger partial charge is 0.326 e. The first kappa shape index (κ1) is 16.2. The number of nitrogens with zero attached hydrogens (tertiary/aromatic N) is 2. The van der Waals surface area contributed by atoms with Gasteiger partial charge in [-0.2, -0.15) is 0 Å². The van der Waals surface area contributed by atoms with E-state index in [1.165, 1.54) is 17.0 Å². The van der Waals surface area contributed by atoms with Gasteiger partial charge in [-0.15, -0.1) is 0 Å². The fraction of sp³-hybridized carbons (Fsp3) is 0.333. The van der Waals surface area contributed by atoms with Crippen molar-refractivity contribution in [2.45, 2.75) is 32.7 Å². The maximum atomic E-state index is 13.1. The quantitative estimate of drug-likeness (QED) is 0.941. The number of carbonyl (C=O) groups is 2. The standard InChI is InChI=1S/C18H19FN2O3/c1-11-10-15(17(22)20-9-3-4-16(20)18(23)24)12(2)21(11)14-7-5-13(19)6-8-14/h5-8,10,16H,3-4,9H2,1-2H3,(H,23,24)/t16-/m1/s1. The highest BCUT2D eigenvalue weighted by atomic mass is 19.1. The molecule has 1 aliphatic heterocycles. The molecule has 0 spiro atoms. The van der Waals surface area contributed by atoms with Crippen LogP contribution in [0.4, 0.5) is 4.39 Å². The van der Waals surface area contributed by atoms with Crippen molar-refractivity contribution in [3.63, 3.8) is 0 Å². The van der Waals surface area contributed by atoms with E-state index in [0.717, 1.165) is 17.1 Å². The van der Waals surface area contributed by atoms with E-state index in [2.05, 4.69) is 0 Å². The molecule has 1 saturated heterocycles. The van der Waals surface area contributed by atoms with Gasteiger partial charge in [-0.25, -0.2) is 9.18 Å². The number of hydrogen-bond acceptors (Lipinski definition) is 2. The lowest BCUT2D eigenvalue weighted by Gasteiger charge is -2.21. The Morgan fingerprint density at radius 2 is 1.88 bits per heavy atom. The molecule has 1 N–H and O–H groups in total. The summed E-state index contributed by atoms with van der Waals surface area (Å²) in [6.45, 7) is 4.14. The molecule has 0 radical (unpaired) electrons. The minimum Gasteiger partial charge on any atom is -0.480 e. The minimum atomic E-state index is -0.965. The third kappa shape index (κ3) is 2.68. The molecule has 1 fully saturated rings. The van der Waals surface area contributed by atoms with Crippen LogP contribution in [-0.2, 0) is 4.79 Å². The van der Waals surface area contributed by atoms with Crippen LogP contribution in [0.5, 0.6) is 0 Å². The first-order valence-corrected chi connectivity index (χ1v) is 7.89. The van der Waals surface area contributed by atoms with Gasteiger partial charge in [-0.1, -0.05) is 0 Å². The Labute approximate surface area is 139 Å². The minimum absolute atomic E-state index is 0.263. The normalized spacial score (nSPS) is 17.3. The summed E-state index contributed by atoms with van der Waals surface area (Å²) in [5.41, 5.74) is 2.82. The molecule has 3 rings (SSSR count). The number of aromatic nitrogens is 1. The third-order valence-corrected chi connectivity index (χ3v) is 4.55. The molecule has 2 heterocycles. The summed E-state index contributed by atoms with van der Waals surface area (Å²) < 4.78 is 15.0. The van der Waals surface area contributed by atoms with E-state index in [4.69, 9.17) is 0 Å². The Kier molecular flexibility index (Phi) is 4.13. The highest BCUT2D eigenvalue weighted by Gasteiger charge is 2.35. The lowest BCUT2D eigenvalue weighted by atomic mass is 10.2. The van der Waals surface area contributed by atoms with Gasteiger partial charge in [0.25, 0.3) is 5.91 Å². The molecule has 1 aliphatic rings. The van der Waals surface area contributed by atoms with Crippen molar-refractivity contribution in [3.05, 3.63) is 53.1 Å². The summed E-state index contributed by atoms with van der Waals surface area (Å²) in [6, 6.07) is 7.05. The molecular weight excluding hydrogens is 311 g/mol. The first-order valence-electron chi connectivity index (χ1n) is 7.89. The van der Waals surface area contributed by atoms with Crippen molar-refractivity contribution in [2.75, 3.05) is 6.54 Å². The average molecular weight is 330 g/mol. The number of carbonyl (C=O) groups excluding carboxylic acids is 1. The van der Waals surface area contributed by atoms with Crippen molar-refractivity contribution in [2.24, 2.45) is 0 Å². The average Bonchev–Trinajstić information content (AvgIpc) is 3.13. The Morgan fingerprint density at radius 1 is 1.21 bits per heavy atom. The summed E-state index contributed by atoms with van der Waals surface area (Å²) in [5.74, 6) is -1.55. The number of carboxylic acid groups (broad SMARTS) is 1. The van der Waals surface area contributed by atoms with E-state index >= 15 is 0 Å². The van der Waals surface area contributed by atoms with Crippen molar-refractivity contribution in [3.8, 4) is 5.69 Å². The summed E-state index contributed by atoms with van der Waals surface area (Å²) >= 11 is 0. The van der Waals surface area contributed by atoms with Gasteiger partial charge in [0.05, 0.1) is 5.56 Å². The molecule has 2 aromatic rings. The molecule has 1 aromatic carbocycles. The molecule has 6 heteroatoms. The Balaban J connectivity index is 1.98. The molecule has 1 atom stereocenters. The maximum Gasteiger partial charge on any atom is 0.326 e. The van der Waals surface area contributed by atoms with E-state index in [9.17, 15) is 19.1 Å². The molecule has 1 amide bonds. The van der Waals surface area contributed by atoms with Crippen LogP contribution in [-0.4, -0.2) is 39.0 Å². The second-order valence-corrected chi connectivity index (χ2v) is 6.09. The second kappa shape index (κ2) is 6.11. The Bertz CT molecular complexity index is 795. The van der Waals surface area contributed by atoms with Crippen LogP contribution in [0.1, 0.15) is 34.6 Å². The van der Waals surface area contributed by atoms with Crippen molar-refractivity contribution < 1.29 is 19.1 Å². The zero-order chi connectivity index (χ0) is 17.4. The maximum absolute atomic E-state index is 13.1. The van der Waals surface area contributed by atoms with E-state index < -0.39 is 12.0 Å². The molecule has 126 valence electrons. The molecule has 24 heavy (non-hydrogen) atoms. The summed E-state index contributed by atoms with van der Waals surface area (Å²) in [7, 11) is 0. The molecule has 0 bridgehead atoms. The van der Waals surface area contributed by atoms with E-state index in [1.54, 1.807) is 18.2 Å². The number of rotatable bonds is 3. The zero-order valence-corrected chi connectivity index (χ0v) is 13.6. The number of benzene rings is 1. The summed E-state index contributed by atoms with van der Waals surface area (Å²) in [5, 5.41) is 9.28. The fourth-order valence-electron chi connectivity index (χ4n) is 3.39. The van der Waals surface area contributed by atoms with Crippen LogP contribution in [0.2, 0.25) is 0 Å². The van der Waals surface area contributed by atoms with Crippen LogP contribution >= 0.6 is 0 Å². The number of hydrogen-bond donors (Lipinski definition) is 1. The number of likely N-dealkylation sites (tertiary alicyclic amines) is 1. The monoisotopic (exact) mass is 330 g/mol. The van der Waals surface area contributed by atoms with Crippen LogP contribution in [0.15, 0.2) is 30.3 Å². The molecule has 0 aliphatic carbocycles. The number of amides is 1. The van der Waals surface area contributed by atoms with Crippen LogP contribution < -0.4 is 0 Å². The number of aryl methyl sites for hydroxylation is 1.